The van der Waals surface area contributed by atoms with Crippen LogP contribution in [-0.2, 0) is 11.2 Å². The van der Waals surface area contributed by atoms with Gasteiger partial charge in [-0.15, -0.1) is 0 Å². The van der Waals surface area contributed by atoms with Gasteiger partial charge in [0, 0.05) is 25.9 Å². The van der Waals surface area contributed by atoms with Crippen molar-refractivity contribution in [2.75, 3.05) is 31.4 Å². The lowest BCUT2D eigenvalue weighted by Gasteiger charge is -2.11. The highest BCUT2D eigenvalue weighted by Gasteiger charge is 2.03. The van der Waals surface area contributed by atoms with Gasteiger partial charge in [0.15, 0.2) is 0 Å². The number of nitrogens with one attached hydrogen (secondary N) is 2. The first kappa shape index (κ1) is 13.3. The van der Waals surface area contributed by atoms with Crippen LogP contribution in [0.3, 0.4) is 0 Å². The van der Waals surface area contributed by atoms with Crippen molar-refractivity contribution in [3.05, 3.63) is 42.2 Å². The highest BCUT2D eigenvalue weighted by Crippen LogP contribution is 2.20. The number of hydrogen-bond acceptors (Lipinski definition) is 5. The molecule has 5 heteroatoms. The SMILES string of the molecule is CNc1cc(Nc2ccccc2CCOC)ncn1. The Kier molecular flexibility index (Phi) is 4.69. The number of para-hydroxylation sites is 1. The highest BCUT2D eigenvalue weighted by molar-refractivity contribution is 5.62. The molecule has 0 radical (unpaired) electrons. The van der Waals surface area contributed by atoms with E-state index in [1.807, 2.05) is 31.3 Å². The van der Waals surface area contributed by atoms with Crippen LogP contribution in [-0.4, -0.2) is 30.7 Å². The third kappa shape index (κ3) is 3.66. The van der Waals surface area contributed by atoms with E-state index in [0.717, 1.165) is 23.7 Å². The fraction of sp³-hybridized carbons (Fsp3) is 0.286. The summed E-state index contributed by atoms with van der Waals surface area (Å²) >= 11 is 0. The topological polar surface area (TPSA) is 59.1 Å². The fourth-order valence-electron chi connectivity index (χ4n) is 1.77. The van der Waals surface area contributed by atoms with Gasteiger partial charge in [0.1, 0.15) is 18.0 Å². The van der Waals surface area contributed by atoms with Crippen molar-refractivity contribution in [1.82, 2.24) is 9.97 Å². The summed E-state index contributed by atoms with van der Waals surface area (Å²) in [5.74, 6) is 1.55. The predicted octanol–water partition coefficient (Wildman–Crippen LogP) is 2.45. The van der Waals surface area contributed by atoms with Gasteiger partial charge >= 0.3 is 0 Å². The first-order valence-electron chi connectivity index (χ1n) is 6.17. The standard InChI is InChI=1S/C14H18N4O/c1-15-13-9-14(17-10-16-13)18-12-6-4-3-5-11(12)7-8-19-2/h3-6,9-10H,7-8H2,1-2H3,(H2,15,16,17,18). The Bertz CT molecular complexity index is 530. The zero-order chi connectivity index (χ0) is 13.5. The van der Waals surface area contributed by atoms with Crippen molar-refractivity contribution in [2.24, 2.45) is 0 Å². The van der Waals surface area contributed by atoms with Crippen molar-refractivity contribution >= 4 is 17.3 Å². The Hall–Kier alpha value is -2.14. The molecular weight excluding hydrogens is 240 g/mol. The van der Waals surface area contributed by atoms with E-state index >= 15 is 0 Å². The van der Waals surface area contributed by atoms with Gasteiger partial charge in [0.05, 0.1) is 6.61 Å². The van der Waals surface area contributed by atoms with Crippen molar-refractivity contribution in [2.45, 2.75) is 6.42 Å². The summed E-state index contributed by atoms with van der Waals surface area (Å²) in [6, 6.07) is 10.0. The second-order valence-corrected chi connectivity index (χ2v) is 4.06. The third-order valence-electron chi connectivity index (χ3n) is 2.78. The van der Waals surface area contributed by atoms with Crippen LogP contribution in [0.2, 0.25) is 0 Å². The molecule has 0 aliphatic heterocycles. The second kappa shape index (κ2) is 6.70. The van der Waals surface area contributed by atoms with Crippen LogP contribution in [0.5, 0.6) is 0 Å². The molecule has 19 heavy (non-hydrogen) atoms. The minimum Gasteiger partial charge on any atom is -0.384 e. The van der Waals surface area contributed by atoms with Crippen LogP contribution in [0.15, 0.2) is 36.7 Å². The first-order chi connectivity index (χ1) is 9.33. The van der Waals surface area contributed by atoms with Crippen LogP contribution in [0, 0.1) is 0 Å². The molecule has 0 saturated carbocycles. The van der Waals surface area contributed by atoms with E-state index < -0.39 is 0 Å². The van der Waals surface area contributed by atoms with Crippen molar-refractivity contribution in [3.8, 4) is 0 Å². The Morgan fingerprint density at radius 3 is 2.74 bits per heavy atom. The largest absolute Gasteiger partial charge is 0.384 e. The van der Waals surface area contributed by atoms with Crippen molar-refractivity contribution in [1.29, 1.82) is 0 Å². The van der Waals surface area contributed by atoms with Gasteiger partial charge in [-0.3, -0.25) is 0 Å². The number of anilines is 3. The first-order valence-corrected chi connectivity index (χ1v) is 6.17. The summed E-state index contributed by atoms with van der Waals surface area (Å²) in [4.78, 5) is 8.30. The molecule has 0 bridgehead atoms. The number of rotatable bonds is 6. The maximum absolute atomic E-state index is 5.12. The van der Waals surface area contributed by atoms with Gasteiger partial charge < -0.3 is 15.4 Å². The second-order valence-electron chi connectivity index (χ2n) is 4.06. The lowest BCUT2D eigenvalue weighted by atomic mass is 10.1. The minimum absolute atomic E-state index is 0.699. The van der Waals surface area contributed by atoms with Crippen LogP contribution < -0.4 is 10.6 Å². The maximum Gasteiger partial charge on any atom is 0.135 e. The molecule has 0 aliphatic carbocycles. The van der Waals surface area contributed by atoms with Gasteiger partial charge in [0.2, 0.25) is 0 Å². The average Bonchev–Trinajstić information content (AvgIpc) is 2.46. The Balaban J connectivity index is 2.17. The monoisotopic (exact) mass is 258 g/mol. The van der Waals surface area contributed by atoms with E-state index in [2.05, 4.69) is 26.7 Å². The molecule has 2 aromatic rings. The molecule has 5 nitrogen and oxygen atoms in total. The third-order valence-corrected chi connectivity index (χ3v) is 2.78. The zero-order valence-electron chi connectivity index (χ0n) is 11.2. The summed E-state index contributed by atoms with van der Waals surface area (Å²) in [5.41, 5.74) is 2.24. The number of hydrogen-bond donors (Lipinski definition) is 2. The predicted molar refractivity (Wildman–Crippen MR) is 76.9 cm³/mol. The molecule has 1 heterocycles. The molecule has 0 spiro atoms. The number of ether oxygens (including phenoxy) is 1. The van der Waals surface area contributed by atoms with Gasteiger partial charge in [-0.1, -0.05) is 18.2 Å². The van der Waals surface area contributed by atoms with E-state index in [-0.39, 0.29) is 0 Å². The molecule has 0 fully saturated rings. The maximum atomic E-state index is 5.12. The number of aromatic nitrogens is 2. The molecule has 1 aromatic carbocycles. The lowest BCUT2D eigenvalue weighted by Crippen LogP contribution is -2.02. The Labute approximate surface area is 113 Å². The molecule has 2 rings (SSSR count). The zero-order valence-corrected chi connectivity index (χ0v) is 11.2. The quantitative estimate of drug-likeness (QED) is 0.833. The summed E-state index contributed by atoms with van der Waals surface area (Å²) in [7, 11) is 3.54. The molecule has 0 aliphatic rings. The van der Waals surface area contributed by atoms with Crippen LogP contribution in [0.25, 0.3) is 0 Å². The summed E-state index contributed by atoms with van der Waals surface area (Å²) in [5, 5.41) is 6.30. The molecule has 0 amide bonds. The number of nitrogens with zero attached hydrogens (tertiary/aromatic N) is 2. The van der Waals surface area contributed by atoms with E-state index in [0.29, 0.717) is 6.61 Å². The lowest BCUT2D eigenvalue weighted by molar-refractivity contribution is 0.202. The van der Waals surface area contributed by atoms with Gasteiger partial charge in [-0.2, -0.15) is 0 Å². The van der Waals surface area contributed by atoms with Crippen LogP contribution in [0.1, 0.15) is 5.56 Å². The van der Waals surface area contributed by atoms with Crippen molar-refractivity contribution < 1.29 is 4.74 Å². The summed E-state index contributed by atoms with van der Waals surface area (Å²) < 4.78 is 5.12. The molecule has 1 aromatic heterocycles. The Morgan fingerprint density at radius 1 is 1.16 bits per heavy atom. The molecule has 0 unspecified atom stereocenters. The summed E-state index contributed by atoms with van der Waals surface area (Å²) in [6.45, 7) is 0.699. The van der Waals surface area contributed by atoms with Gasteiger partial charge in [0.25, 0.3) is 0 Å². The van der Waals surface area contributed by atoms with E-state index in [4.69, 9.17) is 4.74 Å². The van der Waals surface area contributed by atoms with E-state index in [1.54, 1.807) is 7.11 Å². The normalized spacial score (nSPS) is 10.2. The Morgan fingerprint density at radius 2 is 1.95 bits per heavy atom. The number of benzene rings is 1. The molecular formula is C14H18N4O. The average molecular weight is 258 g/mol. The van der Waals surface area contributed by atoms with E-state index in [1.165, 1.54) is 11.9 Å². The molecule has 0 saturated heterocycles. The highest BCUT2D eigenvalue weighted by atomic mass is 16.5. The van der Waals surface area contributed by atoms with E-state index in [9.17, 15) is 0 Å². The number of methoxy groups -OCH3 is 1. The van der Waals surface area contributed by atoms with Gasteiger partial charge in [-0.05, 0) is 18.1 Å². The smallest absolute Gasteiger partial charge is 0.135 e. The summed E-state index contributed by atoms with van der Waals surface area (Å²) in [6.07, 6.45) is 2.40. The van der Waals surface area contributed by atoms with Crippen molar-refractivity contribution in [3.63, 3.8) is 0 Å². The van der Waals surface area contributed by atoms with Crippen LogP contribution in [0.4, 0.5) is 17.3 Å². The van der Waals surface area contributed by atoms with Gasteiger partial charge in [-0.25, -0.2) is 9.97 Å². The molecule has 2 N–H and O–H groups in total. The molecule has 0 atom stereocenters. The molecule has 100 valence electrons. The fourth-order valence-corrected chi connectivity index (χ4v) is 1.77. The minimum atomic E-state index is 0.699. The van der Waals surface area contributed by atoms with Crippen LogP contribution >= 0.6 is 0 Å².